The Balaban J connectivity index is 2.12. The number of aromatic nitrogens is 1. The van der Waals surface area contributed by atoms with Crippen LogP contribution in [-0.4, -0.2) is 10.8 Å². The highest BCUT2D eigenvalue weighted by atomic mass is 79.9. The lowest BCUT2D eigenvalue weighted by molar-refractivity contribution is 0.101. The first-order valence-corrected chi connectivity index (χ1v) is 6.30. The standard InChI is InChI=1S/C14H12BrNO2/c1-10(17)13-7-12(8-14(15)16-13)18-9-11-5-3-2-4-6-11/h2-8H,9H2,1H3. The molecule has 0 atom stereocenters. The van der Waals surface area contributed by atoms with Crippen molar-refractivity contribution < 1.29 is 9.53 Å². The maximum absolute atomic E-state index is 11.3. The minimum absolute atomic E-state index is 0.0825. The number of Topliss-reactive ketones (excluding diaryl/α,β-unsaturated/α-hetero) is 1. The van der Waals surface area contributed by atoms with Crippen LogP contribution in [0, 0.1) is 0 Å². The summed E-state index contributed by atoms with van der Waals surface area (Å²) in [5, 5.41) is 0. The zero-order valence-corrected chi connectivity index (χ0v) is 11.5. The van der Waals surface area contributed by atoms with E-state index >= 15 is 0 Å². The number of ether oxygens (including phenoxy) is 1. The maximum Gasteiger partial charge on any atom is 0.178 e. The minimum atomic E-state index is -0.0825. The van der Waals surface area contributed by atoms with Crippen molar-refractivity contribution in [2.75, 3.05) is 0 Å². The molecule has 3 nitrogen and oxygen atoms in total. The molecule has 0 aliphatic carbocycles. The number of benzene rings is 1. The average molecular weight is 306 g/mol. The number of hydrogen-bond acceptors (Lipinski definition) is 3. The lowest BCUT2D eigenvalue weighted by Gasteiger charge is -2.07. The van der Waals surface area contributed by atoms with Crippen molar-refractivity contribution in [2.24, 2.45) is 0 Å². The Morgan fingerprint density at radius 2 is 2.00 bits per heavy atom. The predicted octanol–water partition coefficient (Wildman–Crippen LogP) is 3.63. The molecule has 92 valence electrons. The van der Waals surface area contributed by atoms with Crippen LogP contribution in [0.3, 0.4) is 0 Å². The van der Waals surface area contributed by atoms with Crippen LogP contribution in [0.15, 0.2) is 47.1 Å². The van der Waals surface area contributed by atoms with Gasteiger partial charge in [0.05, 0.1) is 0 Å². The summed E-state index contributed by atoms with van der Waals surface area (Å²) in [6.45, 7) is 1.95. The Kier molecular flexibility index (Phi) is 4.10. The Morgan fingerprint density at radius 1 is 1.28 bits per heavy atom. The van der Waals surface area contributed by atoms with Gasteiger partial charge in [-0.1, -0.05) is 30.3 Å². The first-order valence-electron chi connectivity index (χ1n) is 5.50. The second-order valence-corrected chi connectivity index (χ2v) is 4.65. The molecule has 18 heavy (non-hydrogen) atoms. The number of rotatable bonds is 4. The van der Waals surface area contributed by atoms with Gasteiger partial charge in [-0.2, -0.15) is 0 Å². The van der Waals surface area contributed by atoms with Gasteiger partial charge in [-0.3, -0.25) is 4.79 Å². The second-order valence-electron chi connectivity index (χ2n) is 3.84. The highest BCUT2D eigenvalue weighted by Crippen LogP contribution is 2.19. The molecule has 0 bridgehead atoms. The fraction of sp³-hybridized carbons (Fsp3) is 0.143. The van der Waals surface area contributed by atoms with E-state index in [-0.39, 0.29) is 5.78 Å². The Labute approximate surface area is 114 Å². The van der Waals surface area contributed by atoms with Gasteiger partial charge in [-0.15, -0.1) is 0 Å². The molecule has 1 heterocycles. The zero-order chi connectivity index (χ0) is 13.0. The molecule has 0 saturated heterocycles. The summed E-state index contributed by atoms with van der Waals surface area (Å²) in [5.74, 6) is 0.548. The zero-order valence-electron chi connectivity index (χ0n) is 9.89. The van der Waals surface area contributed by atoms with Crippen molar-refractivity contribution in [1.29, 1.82) is 0 Å². The molecule has 0 aliphatic heterocycles. The van der Waals surface area contributed by atoms with E-state index in [2.05, 4.69) is 20.9 Å². The van der Waals surface area contributed by atoms with E-state index in [0.717, 1.165) is 5.56 Å². The van der Waals surface area contributed by atoms with E-state index in [1.54, 1.807) is 12.1 Å². The Morgan fingerprint density at radius 3 is 2.67 bits per heavy atom. The Bertz CT molecular complexity index is 555. The van der Waals surface area contributed by atoms with E-state index in [1.165, 1.54) is 6.92 Å². The van der Waals surface area contributed by atoms with Crippen molar-refractivity contribution in [3.8, 4) is 5.75 Å². The van der Waals surface area contributed by atoms with Gasteiger partial charge in [-0.25, -0.2) is 4.98 Å². The summed E-state index contributed by atoms with van der Waals surface area (Å²) in [4.78, 5) is 15.4. The van der Waals surface area contributed by atoms with Gasteiger partial charge in [0, 0.05) is 19.1 Å². The SMILES string of the molecule is CC(=O)c1cc(OCc2ccccc2)cc(Br)n1. The van der Waals surface area contributed by atoms with Crippen molar-refractivity contribution in [2.45, 2.75) is 13.5 Å². The van der Waals surface area contributed by atoms with Crippen LogP contribution in [0.4, 0.5) is 0 Å². The summed E-state index contributed by atoms with van der Waals surface area (Å²) in [6, 6.07) is 13.3. The number of pyridine rings is 1. The van der Waals surface area contributed by atoms with E-state index in [4.69, 9.17) is 4.74 Å². The predicted molar refractivity (Wildman–Crippen MR) is 72.7 cm³/mol. The van der Waals surface area contributed by atoms with Crippen LogP contribution in [0.25, 0.3) is 0 Å². The van der Waals surface area contributed by atoms with Gasteiger partial charge >= 0.3 is 0 Å². The molecule has 0 saturated carbocycles. The van der Waals surface area contributed by atoms with Gasteiger partial charge in [0.25, 0.3) is 0 Å². The molecule has 0 aliphatic rings. The van der Waals surface area contributed by atoms with Crippen molar-refractivity contribution >= 4 is 21.7 Å². The highest BCUT2D eigenvalue weighted by molar-refractivity contribution is 9.10. The third kappa shape index (κ3) is 3.40. The number of ketones is 1. The number of hydrogen-bond donors (Lipinski definition) is 0. The van der Waals surface area contributed by atoms with Gasteiger partial charge in [-0.05, 0) is 21.5 Å². The quantitative estimate of drug-likeness (QED) is 0.639. The van der Waals surface area contributed by atoms with Crippen LogP contribution in [0.5, 0.6) is 5.75 Å². The van der Waals surface area contributed by atoms with E-state index in [1.807, 2.05) is 30.3 Å². The van der Waals surface area contributed by atoms with Gasteiger partial charge in [0.1, 0.15) is 22.7 Å². The molecule has 2 rings (SSSR count). The van der Waals surface area contributed by atoms with Crippen LogP contribution in [0.2, 0.25) is 0 Å². The van der Waals surface area contributed by atoms with Crippen LogP contribution in [-0.2, 0) is 6.61 Å². The van der Waals surface area contributed by atoms with Crippen molar-refractivity contribution in [3.63, 3.8) is 0 Å². The fourth-order valence-corrected chi connectivity index (χ4v) is 1.89. The molecule has 0 N–H and O–H groups in total. The summed E-state index contributed by atoms with van der Waals surface area (Å²) >= 11 is 3.26. The van der Waals surface area contributed by atoms with Gasteiger partial charge in [0.2, 0.25) is 0 Å². The van der Waals surface area contributed by atoms with Crippen LogP contribution in [0.1, 0.15) is 23.0 Å². The topological polar surface area (TPSA) is 39.2 Å². The molecule has 2 aromatic rings. The molecular weight excluding hydrogens is 294 g/mol. The molecular formula is C14H12BrNO2. The van der Waals surface area contributed by atoms with Gasteiger partial charge < -0.3 is 4.74 Å². The molecule has 0 unspecified atom stereocenters. The third-order valence-corrected chi connectivity index (χ3v) is 2.78. The van der Waals surface area contributed by atoms with Crippen molar-refractivity contribution in [3.05, 3.63) is 58.3 Å². The average Bonchev–Trinajstić information content (AvgIpc) is 2.37. The molecule has 0 amide bonds. The first kappa shape index (κ1) is 12.8. The van der Waals surface area contributed by atoms with E-state index < -0.39 is 0 Å². The highest BCUT2D eigenvalue weighted by Gasteiger charge is 2.06. The molecule has 0 radical (unpaired) electrons. The minimum Gasteiger partial charge on any atom is -0.489 e. The monoisotopic (exact) mass is 305 g/mol. The number of nitrogens with zero attached hydrogens (tertiary/aromatic N) is 1. The summed E-state index contributed by atoms with van der Waals surface area (Å²) in [5.41, 5.74) is 1.47. The molecule has 0 fully saturated rings. The Hall–Kier alpha value is -1.68. The second kappa shape index (κ2) is 5.78. The van der Waals surface area contributed by atoms with E-state index in [0.29, 0.717) is 22.7 Å². The maximum atomic E-state index is 11.3. The summed E-state index contributed by atoms with van der Waals surface area (Å²) in [7, 11) is 0. The van der Waals surface area contributed by atoms with Crippen LogP contribution >= 0.6 is 15.9 Å². The molecule has 1 aromatic carbocycles. The third-order valence-electron chi connectivity index (χ3n) is 2.38. The molecule has 0 spiro atoms. The summed E-state index contributed by atoms with van der Waals surface area (Å²) in [6.07, 6.45) is 0. The van der Waals surface area contributed by atoms with E-state index in [9.17, 15) is 4.79 Å². The molecule has 1 aromatic heterocycles. The van der Waals surface area contributed by atoms with Crippen LogP contribution < -0.4 is 4.74 Å². The lowest BCUT2D eigenvalue weighted by atomic mass is 10.2. The number of halogens is 1. The first-order chi connectivity index (χ1) is 8.65. The number of carbonyl (C=O) groups excluding carboxylic acids is 1. The fourth-order valence-electron chi connectivity index (χ4n) is 1.48. The summed E-state index contributed by atoms with van der Waals surface area (Å²) < 4.78 is 6.24. The largest absolute Gasteiger partial charge is 0.489 e. The smallest absolute Gasteiger partial charge is 0.178 e. The lowest BCUT2D eigenvalue weighted by Crippen LogP contribution is -2.00. The molecule has 4 heteroatoms. The van der Waals surface area contributed by atoms with Crippen molar-refractivity contribution in [1.82, 2.24) is 4.98 Å². The number of carbonyl (C=O) groups is 1. The normalized spacial score (nSPS) is 10.1. The van der Waals surface area contributed by atoms with Gasteiger partial charge in [0.15, 0.2) is 5.78 Å².